The molecule has 2 atom stereocenters. The molecule has 2 aromatic rings. The van der Waals surface area contributed by atoms with Crippen molar-refractivity contribution in [1.29, 1.82) is 0 Å². The van der Waals surface area contributed by atoms with E-state index >= 15 is 0 Å². The van der Waals surface area contributed by atoms with Crippen LogP contribution in [0.5, 0.6) is 5.75 Å². The molecule has 1 saturated carbocycles. The van der Waals surface area contributed by atoms with Gasteiger partial charge in [-0.25, -0.2) is 9.37 Å². The number of carbonyl (C=O) groups is 1. The summed E-state index contributed by atoms with van der Waals surface area (Å²) in [6.07, 6.45) is -1.48. The van der Waals surface area contributed by atoms with Gasteiger partial charge in [0, 0.05) is 30.9 Å². The van der Waals surface area contributed by atoms with Gasteiger partial charge in [0.25, 0.3) is 0 Å². The molecule has 33 heavy (non-hydrogen) atoms. The van der Waals surface area contributed by atoms with Crippen molar-refractivity contribution in [3.8, 4) is 5.75 Å². The van der Waals surface area contributed by atoms with Crippen molar-refractivity contribution >= 4 is 28.3 Å². The van der Waals surface area contributed by atoms with E-state index in [1.165, 1.54) is 12.1 Å². The second kappa shape index (κ2) is 9.13. The first kappa shape index (κ1) is 23.2. The summed E-state index contributed by atoms with van der Waals surface area (Å²) in [7, 11) is 1.79. The largest absolute Gasteiger partial charge is 0.486 e. The first-order chi connectivity index (χ1) is 15.6. The van der Waals surface area contributed by atoms with Gasteiger partial charge in [-0.05, 0) is 55.6 Å². The van der Waals surface area contributed by atoms with Crippen molar-refractivity contribution in [2.24, 2.45) is 5.92 Å². The predicted octanol–water partition coefficient (Wildman–Crippen LogP) is 4.38. The topological polar surface area (TPSA) is 54.5 Å². The fourth-order valence-electron chi connectivity index (χ4n) is 3.81. The number of nitrogens with one attached hydrogen (secondary N) is 1. The van der Waals surface area contributed by atoms with Crippen LogP contribution in [-0.2, 0) is 4.79 Å². The number of rotatable bonds is 7. The fourth-order valence-corrected chi connectivity index (χ4v) is 3.81. The van der Waals surface area contributed by atoms with Crippen LogP contribution in [0, 0.1) is 5.92 Å². The van der Waals surface area contributed by atoms with Crippen molar-refractivity contribution in [1.82, 2.24) is 15.2 Å². The second-order valence-corrected chi connectivity index (χ2v) is 8.57. The Bertz CT molecular complexity index is 1100. The Morgan fingerprint density at radius 1 is 1.30 bits per heavy atom. The van der Waals surface area contributed by atoms with Gasteiger partial charge < -0.3 is 10.1 Å². The lowest BCUT2D eigenvalue weighted by atomic mass is 10.0. The average Bonchev–Trinajstić information content (AvgIpc) is 3.55. The van der Waals surface area contributed by atoms with Crippen LogP contribution >= 0.6 is 0 Å². The van der Waals surface area contributed by atoms with E-state index < -0.39 is 24.0 Å². The Labute approximate surface area is 189 Å². The van der Waals surface area contributed by atoms with Gasteiger partial charge in [0.2, 0.25) is 5.91 Å². The van der Waals surface area contributed by atoms with Gasteiger partial charge in [-0.15, -0.1) is 0 Å². The number of hydrogen-bond acceptors (Lipinski definition) is 4. The molecule has 9 heteroatoms. The predicted molar refractivity (Wildman–Crippen MR) is 118 cm³/mol. The van der Waals surface area contributed by atoms with Crippen LogP contribution < -0.4 is 10.1 Å². The maximum Gasteiger partial charge on any atom is 0.417 e. The molecule has 2 fully saturated rings. The third-order valence-electron chi connectivity index (χ3n) is 5.75. The van der Waals surface area contributed by atoms with Gasteiger partial charge in [-0.1, -0.05) is 12.7 Å². The summed E-state index contributed by atoms with van der Waals surface area (Å²) in [5.41, 5.74) is -1.05. The molecule has 1 aromatic carbocycles. The van der Waals surface area contributed by atoms with E-state index in [1.807, 2.05) is 4.90 Å². The van der Waals surface area contributed by atoms with Gasteiger partial charge in [0.1, 0.15) is 11.9 Å². The number of allylic oxidation sites excluding steroid dienone is 1. The molecule has 0 unspecified atom stereocenters. The van der Waals surface area contributed by atoms with Crippen molar-refractivity contribution in [2.45, 2.75) is 31.3 Å². The normalized spacial score (nSPS) is 21.6. The van der Waals surface area contributed by atoms with Gasteiger partial charge in [-0.3, -0.25) is 9.69 Å². The van der Waals surface area contributed by atoms with Crippen LogP contribution in [0.15, 0.2) is 36.9 Å². The van der Waals surface area contributed by atoms with E-state index in [9.17, 15) is 22.4 Å². The molecular weight excluding hydrogens is 438 g/mol. The summed E-state index contributed by atoms with van der Waals surface area (Å²) in [6.45, 7) is 4.14. The van der Waals surface area contributed by atoms with E-state index in [-0.39, 0.29) is 41.7 Å². The summed E-state index contributed by atoms with van der Waals surface area (Å²) in [5, 5.41) is 3.49. The smallest absolute Gasteiger partial charge is 0.417 e. The Morgan fingerprint density at radius 2 is 2.06 bits per heavy atom. The van der Waals surface area contributed by atoms with Crippen LogP contribution in [0.3, 0.4) is 0 Å². The highest BCUT2D eigenvalue weighted by molar-refractivity contribution is 5.94. The number of ether oxygens (including phenoxy) is 1. The van der Waals surface area contributed by atoms with Crippen LogP contribution in [0.2, 0.25) is 0 Å². The molecule has 1 saturated heterocycles. The summed E-state index contributed by atoms with van der Waals surface area (Å²) < 4.78 is 60.2. The Hall–Kier alpha value is -2.94. The first-order valence-electron chi connectivity index (χ1n) is 10.8. The second-order valence-electron chi connectivity index (χ2n) is 8.57. The minimum atomic E-state index is -4.65. The number of alkyl halides is 4. The van der Waals surface area contributed by atoms with E-state index in [2.05, 4.69) is 16.9 Å². The number of amides is 1. The fraction of sp³-hybridized carbons (Fsp3) is 0.417. The standard InChI is InChI=1S/C24H25F4N3O2/c1-14(24(26,27)28)22-19-8-7-18(33-21-13-31(2)12-20(21)25)11-16(19)10-17(30-22)4-3-9-29-23(32)15-5-6-15/h3-4,7-8,10-11,15,20-21H,1,5-6,9,12-13H2,2H3,(H,29,32)/b4-3+/t20-,21+/m0/s1. The molecule has 0 spiro atoms. The number of aromatic nitrogens is 1. The molecule has 5 nitrogen and oxygen atoms in total. The molecule has 1 N–H and O–H groups in total. The van der Waals surface area contributed by atoms with Crippen LogP contribution in [0.25, 0.3) is 22.4 Å². The highest BCUT2D eigenvalue weighted by Gasteiger charge is 2.35. The number of nitrogens with zero attached hydrogens (tertiary/aromatic N) is 2. The number of halogens is 4. The molecular formula is C24H25F4N3O2. The quantitative estimate of drug-likeness (QED) is 0.620. The molecule has 0 bridgehead atoms. The molecule has 1 aliphatic heterocycles. The minimum Gasteiger partial charge on any atom is -0.486 e. The summed E-state index contributed by atoms with van der Waals surface area (Å²) >= 11 is 0. The maximum atomic E-state index is 14.1. The summed E-state index contributed by atoms with van der Waals surface area (Å²) in [5.74, 6) is 0.413. The Kier molecular flexibility index (Phi) is 6.43. The van der Waals surface area contributed by atoms with Crippen LogP contribution in [-0.4, -0.2) is 60.9 Å². The lowest BCUT2D eigenvalue weighted by molar-refractivity contribution is -0.122. The maximum absolute atomic E-state index is 14.1. The van der Waals surface area contributed by atoms with Crippen LogP contribution in [0.4, 0.5) is 17.6 Å². The van der Waals surface area contributed by atoms with Crippen molar-refractivity contribution < 1.29 is 27.1 Å². The molecule has 176 valence electrons. The highest BCUT2D eigenvalue weighted by atomic mass is 19.4. The number of benzene rings is 1. The van der Waals surface area contributed by atoms with Crippen LogP contribution in [0.1, 0.15) is 24.2 Å². The Morgan fingerprint density at radius 3 is 2.70 bits per heavy atom. The third kappa shape index (κ3) is 5.52. The highest BCUT2D eigenvalue weighted by Crippen LogP contribution is 2.36. The Balaban J connectivity index is 1.62. The van der Waals surface area contributed by atoms with E-state index in [4.69, 9.17) is 4.74 Å². The first-order valence-corrected chi connectivity index (χ1v) is 10.8. The van der Waals surface area contributed by atoms with E-state index in [0.717, 1.165) is 12.8 Å². The monoisotopic (exact) mass is 463 g/mol. The molecule has 0 radical (unpaired) electrons. The van der Waals surface area contributed by atoms with E-state index in [1.54, 1.807) is 31.3 Å². The summed E-state index contributed by atoms with van der Waals surface area (Å²) in [4.78, 5) is 17.7. The molecule has 2 aliphatic rings. The molecule has 4 rings (SSSR count). The minimum absolute atomic E-state index is 0.0252. The van der Waals surface area contributed by atoms with Gasteiger partial charge >= 0.3 is 6.18 Å². The SMILES string of the molecule is C=C(c1nc(/C=C/CNC(=O)C2CC2)cc2cc(O[C@@H]3CN(C)C[C@@H]3F)ccc12)C(F)(F)F. The molecule has 1 aromatic heterocycles. The van der Waals surface area contributed by atoms with Crippen molar-refractivity contribution in [3.63, 3.8) is 0 Å². The number of carbonyl (C=O) groups excluding carboxylic acids is 1. The summed E-state index contributed by atoms with van der Waals surface area (Å²) in [6, 6.07) is 6.22. The molecule has 1 aliphatic carbocycles. The zero-order chi connectivity index (χ0) is 23.8. The third-order valence-corrected chi connectivity index (χ3v) is 5.75. The zero-order valence-electron chi connectivity index (χ0n) is 18.2. The van der Waals surface area contributed by atoms with Gasteiger partial charge in [-0.2, -0.15) is 13.2 Å². The molecule has 2 heterocycles. The zero-order valence-corrected chi connectivity index (χ0v) is 18.2. The van der Waals surface area contributed by atoms with Crippen molar-refractivity contribution in [3.05, 3.63) is 48.3 Å². The van der Waals surface area contributed by atoms with Gasteiger partial charge in [0.15, 0.2) is 6.17 Å². The lowest BCUT2D eigenvalue weighted by Gasteiger charge is -2.17. The average molecular weight is 463 g/mol. The number of likely N-dealkylation sites (tertiary alicyclic amines) is 1. The number of hydrogen-bond donors (Lipinski definition) is 1. The number of fused-ring (bicyclic) bond motifs is 1. The molecule has 1 amide bonds. The lowest BCUT2D eigenvalue weighted by Crippen LogP contribution is -2.27. The number of pyridine rings is 1. The van der Waals surface area contributed by atoms with Crippen molar-refractivity contribution in [2.75, 3.05) is 26.7 Å². The van der Waals surface area contributed by atoms with E-state index in [0.29, 0.717) is 17.7 Å². The number of likely N-dealkylation sites (N-methyl/N-ethyl adjacent to an activating group) is 1. The van der Waals surface area contributed by atoms with Gasteiger partial charge in [0.05, 0.1) is 17.0 Å².